The number of amides is 1. The van der Waals surface area contributed by atoms with E-state index >= 15 is 0 Å². The maximum atomic E-state index is 13.1. The zero-order valence-electron chi connectivity index (χ0n) is 17.0. The maximum absolute atomic E-state index is 13.1. The first kappa shape index (κ1) is 21.2. The maximum Gasteiger partial charge on any atom is 0.234 e. The van der Waals surface area contributed by atoms with Gasteiger partial charge in [-0.25, -0.2) is 13.4 Å². The fourth-order valence-corrected chi connectivity index (χ4v) is 4.32. The number of hydrogen-bond acceptors (Lipinski definition) is 5. The standard InChI is InChI=1S/C22H24N2O3S2/c1-15-6-9-18(10-7-15)19-14-28-22(23-19)24(21(25)11-12-29(4,26)27)20-13-16(2)5-8-17(20)3/h5-10,13-14H,11-12H2,1-4H3. The van der Waals surface area contributed by atoms with Crippen LogP contribution in [0.15, 0.2) is 47.8 Å². The molecule has 0 fully saturated rings. The number of carbonyl (C=O) groups is 1. The molecule has 3 rings (SSSR count). The Kier molecular flexibility index (Phi) is 6.19. The van der Waals surface area contributed by atoms with Crippen molar-refractivity contribution in [3.8, 4) is 11.3 Å². The van der Waals surface area contributed by atoms with Gasteiger partial charge in [-0.05, 0) is 38.0 Å². The number of sulfone groups is 1. The molecule has 1 heterocycles. The van der Waals surface area contributed by atoms with Gasteiger partial charge < -0.3 is 0 Å². The van der Waals surface area contributed by atoms with Gasteiger partial charge in [0, 0.05) is 23.6 Å². The molecule has 0 aliphatic heterocycles. The lowest BCUT2D eigenvalue weighted by molar-refractivity contribution is -0.117. The van der Waals surface area contributed by atoms with E-state index in [0.29, 0.717) is 5.13 Å². The molecule has 0 unspecified atom stereocenters. The van der Waals surface area contributed by atoms with E-state index in [1.54, 1.807) is 4.90 Å². The average molecular weight is 429 g/mol. The molecule has 152 valence electrons. The third-order valence-corrected chi connectivity index (χ3v) is 6.34. The van der Waals surface area contributed by atoms with Crippen LogP contribution in [0.2, 0.25) is 0 Å². The van der Waals surface area contributed by atoms with Crippen LogP contribution >= 0.6 is 11.3 Å². The van der Waals surface area contributed by atoms with Crippen LogP contribution in [0.1, 0.15) is 23.1 Å². The van der Waals surface area contributed by atoms with E-state index in [2.05, 4.69) is 0 Å². The van der Waals surface area contributed by atoms with Crippen LogP contribution in [0.4, 0.5) is 10.8 Å². The van der Waals surface area contributed by atoms with E-state index in [9.17, 15) is 13.2 Å². The molecular formula is C22H24N2O3S2. The zero-order chi connectivity index (χ0) is 21.2. The first-order valence-electron chi connectivity index (χ1n) is 9.24. The summed E-state index contributed by atoms with van der Waals surface area (Å²) in [6, 6.07) is 13.9. The SMILES string of the molecule is Cc1ccc(-c2csc(N(C(=O)CCS(C)(=O)=O)c3cc(C)ccc3C)n2)cc1. The average Bonchev–Trinajstić information content (AvgIpc) is 3.13. The number of thiazole rings is 1. The Hall–Kier alpha value is -2.51. The van der Waals surface area contributed by atoms with Crippen LogP contribution in [-0.4, -0.2) is 31.3 Å². The summed E-state index contributed by atoms with van der Waals surface area (Å²) in [5.74, 6) is -0.474. The van der Waals surface area contributed by atoms with E-state index in [0.717, 1.165) is 39.9 Å². The molecule has 29 heavy (non-hydrogen) atoms. The third-order valence-electron chi connectivity index (χ3n) is 4.57. The molecule has 0 N–H and O–H groups in total. The molecule has 2 aromatic carbocycles. The topological polar surface area (TPSA) is 67.3 Å². The molecule has 5 nitrogen and oxygen atoms in total. The van der Waals surface area contributed by atoms with Gasteiger partial charge in [-0.1, -0.05) is 42.0 Å². The summed E-state index contributed by atoms with van der Waals surface area (Å²) in [6.45, 7) is 5.92. The Morgan fingerprint density at radius 3 is 2.34 bits per heavy atom. The van der Waals surface area contributed by atoms with E-state index in [4.69, 9.17) is 4.98 Å². The smallest absolute Gasteiger partial charge is 0.234 e. The number of anilines is 2. The lowest BCUT2D eigenvalue weighted by Crippen LogP contribution is -2.28. The molecule has 0 aliphatic rings. The van der Waals surface area contributed by atoms with Crippen LogP contribution in [-0.2, 0) is 14.6 Å². The van der Waals surface area contributed by atoms with E-state index in [1.807, 2.05) is 68.6 Å². The van der Waals surface area contributed by atoms with Crippen LogP contribution < -0.4 is 4.90 Å². The van der Waals surface area contributed by atoms with Gasteiger partial charge in [-0.3, -0.25) is 9.69 Å². The van der Waals surface area contributed by atoms with Gasteiger partial charge >= 0.3 is 0 Å². The number of hydrogen-bond donors (Lipinski definition) is 0. The van der Waals surface area contributed by atoms with Gasteiger partial charge in [0.15, 0.2) is 5.13 Å². The number of carbonyl (C=O) groups excluding carboxylic acids is 1. The second-order valence-corrected chi connectivity index (χ2v) is 10.4. The third kappa shape index (κ3) is 5.31. The van der Waals surface area contributed by atoms with Gasteiger partial charge in [0.25, 0.3) is 0 Å². The zero-order valence-corrected chi connectivity index (χ0v) is 18.6. The number of aromatic nitrogens is 1. The highest BCUT2D eigenvalue weighted by atomic mass is 32.2. The number of rotatable bonds is 6. The molecule has 3 aromatic rings. The van der Waals surface area contributed by atoms with Gasteiger partial charge in [-0.15, -0.1) is 11.3 Å². The Balaban J connectivity index is 2.02. The first-order valence-corrected chi connectivity index (χ1v) is 12.2. The quantitative estimate of drug-likeness (QED) is 0.564. The molecule has 1 aromatic heterocycles. The van der Waals surface area contributed by atoms with Crippen LogP contribution in [0, 0.1) is 20.8 Å². The van der Waals surface area contributed by atoms with Crippen LogP contribution in [0.3, 0.4) is 0 Å². The largest absolute Gasteiger partial charge is 0.274 e. The summed E-state index contributed by atoms with van der Waals surface area (Å²) in [6.07, 6.45) is 1.05. The lowest BCUT2D eigenvalue weighted by atomic mass is 10.1. The fourth-order valence-electron chi connectivity index (χ4n) is 2.91. The number of nitrogens with zero attached hydrogens (tertiary/aromatic N) is 2. The summed E-state index contributed by atoms with van der Waals surface area (Å²) in [4.78, 5) is 19.3. The van der Waals surface area contributed by atoms with Crippen molar-refractivity contribution in [3.05, 3.63) is 64.5 Å². The van der Waals surface area contributed by atoms with Gasteiger partial charge in [0.05, 0.1) is 17.1 Å². The lowest BCUT2D eigenvalue weighted by Gasteiger charge is -2.22. The fraction of sp³-hybridized carbons (Fsp3) is 0.273. The molecule has 0 atom stereocenters. The molecular weight excluding hydrogens is 404 g/mol. The molecule has 0 bridgehead atoms. The minimum Gasteiger partial charge on any atom is -0.274 e. The molecule has 0 saturated heterocycles. The van der Waals surface area contributed by atoms with Gasteiger partial charge in [0.1, 0.15) is 9.84 Å². The van der Waals surface area contributed by atoms with Crippen molar-refractivity contribution < 1.29 is 13.2 Å². The van der Waals surface area contributed by atoms with Gasteiger partial charge in [0.2, 0.25) is 5.91 Å². The number of aryl methyl sites for hydroxylation is 3. The summed E-state index contributed by atoms with van der Waals surface area (Å²) in [5.41, 5.74) is 5.60. The first-order chi connectivity index (χ1) is 13.6. The minimum absolute atomic E-state index is 0.0916. The van der Waals surface area contributed by atoms with Crippen molar-refractivity contribution in [1.29, 1.82) is 0 Å². The Bertz CT molecular complexity index is 1130. The number of benzene rings is 2. The molecule has 7 heteroatoms. The summed E-state index contributed by atoms with van der Waals surface area (Å²) < 4.78 is 23.2. The molecule has 0 aliphatic carbocycles. The minimum atomic E-state index is -3.24. The second-order valence-electron chi connectivity index (χ2n) is 7.28. The molecule has 0 spiro atoms. The Morgan fingerprint density at radius 1 is 1.03 bits per heavy atom. The normalized spacial score (nSPS) is 11.4. The predicted octanol–water partition coefficient (Wildman–Crippen LogP) is 4.83. The molecule has 0 saturated carbocycles. The molecule has 0 radical (unpaired) electrons. The highest BCUT2D eigenvalue weighted by Gasteiger charge is 2.24. The Morgan fingerprint density at radius 2 is 1.69 bits per heavy atom. The monoisotopic (exact) mass is 428 g/mol. The highest BCUT2D eigenvalue weighted by molar-refractivity contribution is 7.90. The van der Waals surface area contributed by atoms with Crippen LogP contribution in [0.25, 0.3) is 11.3 Å². The predicted molar refractivity (Wildman–Crippen MR) is 120 cm³/mol. The highest BCUT2D eigenvalue weighted by Crippen LogP contribution is 2.35. The van der Waals surface area contributed by atoms with Crippen molar-refractivity contribution in [2.45, 2.75) is 27.2 Å². The van der Waals surface area contributed by atoms with Crippen molar-refractivity contribution in [1.82, 2.24) is 4.98 Å². The summed E-state index contributed by atoms with van der Waals surface area (Å²) in [7, 11) is -3.24. The van der Waals surface area contributed by atoms with Crippen LogP contribution in [0.5, 0.6) is 0 Å². The Labute approximate surface area is 176 Å². The summed E-state index contributed by atoms with van der Waals surface area (Å²) >= 11 is 1.37. The van der Waals surface area contributed by atoms with E-state index in [-0.39, 0.29) is 18.1 Å². The second kappa shape index (κ2) is 8.47. The van der Waals surface area contributed by atoms with Crippen molar-refractivity contribution >= 4 is 37.9 Å². The molecule has 1 amide bonds. The van der Waals surface area contributed by atoms with E-state index < -0.39 is 9.84 Å². The van der Waals surface area contributed by atoms with Crippen molar-refractivity contribution in [2.75, 3.05) is 16.9 Å². The van der Waals surface area contributed by atoms with Crippen molar-refractivity contribution in [2.24, 2.45) is 0 Å². The van der Waals surface area contributed by atoms with Gasteiger partial charge in [-0.2, -0.15) is 0 Å². The summed E-state index contributed by atoms with van der Waals surface area (Å²) in [5, 5.41) is 2.45. The van der Waals surface area contributed by atoms with E-state index in [1.165, 1.54) is 11.3 Å². The van der Waals surface area contributed by atoms with Crippen molar-refractivity contribution in [3.63, 3.8) is 0 Å².